The van der Waals surface area contributed by atoms with Gasteiger partial charge in [-0.05, 0) is 49.4 Å². The highest BCUT2D eigenvalue weighted by Gasteiger charge is 2.24. The summed E-state index contributed by atoms with van der Waals surface area (Å²) in [7, 11) is 0. The molecule has 0 bridgehead atoms. The number of benzene rings is 1. The SMILES string of the molecule is CCNC(=NCC(C)(O)c1cccs1)NCCc1cc(Cl)c2c(c1)OCCO2. The third-order valence-corrected chi connectivity index (χ3v) is 5.71. The number of hydrogen-bond donors (Lipinski definition) is 3. The smallest absolute Gasteiger partial charge is 0.191 e. The fourth-order valence-corrected chi connectivity index (χ4v) is 3.94. The van der Waals surface area contributed by atoms with Gasteiger partial charge in [0.25, 0.3) is 0 Å². The van der Waals surface area contributed by atoms with Gasteiger partial charge >= 0.3 is 0 Å². The number of rotatable bonds is 7. The van der Waals surface area contributed by atoms with Crippen molar-refractivity contribution in [1.82, 2.24) is 10.6 Å². The van der Waals surface area contributed by atoms with Gasteiger partial charge in [0.1, 0.15) is 18.8 Å². The fourth-order valence-electron chi connectivity index (χ4n) is 2.87. The third-order valence-electron chi connectivity index (χ3n) is 4.30. The zero-order valence-corrected chi connectivity index (χ0v) is 17.7. The van der Waals surface area contributed by atoms with Crippen LogP contribution in [-0.4, -0.2) is 43.9 Å². The largest absolute Gasteiger partial charge is 0.486 e. The van der Waals surface area contributed by atoms with Gasteiger partial charge < -0.3 is 25.2 Å². The van der Waals surface area contributed by atoms with Crippen molar-refractivity contribution in [2.45, 2.75) is 25.9 Å². The van der Waals surface area contributed by atoms with E-state index in [1.165, 1.54) is 11.3 Å². The van der Waals surface area contributed by atoms with E-state index in [4.69, 9.17) is 21.1 Å². The zero-order chi connectivity index (χ0) is 20.0. The summed E-state index contributed by atoms with van der Waals surface area (Å²) in [4.78, 5) is 5.44. The van der Waals surface area contributed by atoms with Crippen LogP contribution in [0.1, 0.15) is 24.3 Å². The lowest BCUT2D eigenvalue weighted by molar-refractivity contribution is 0.0711. The standard InChI is InChI=1S/C20H26ClN3O3S/c1-3-22-19(24-13-20(2,25)17-5-4-10-28-17)23-7-6-14-11-15(21)18-16(12-14)26-8-9-27-18/h4-5,10-12,25H,3,6-9,13H2,1-2H3,(H2,22,23,24). The van der Waals surface area contributed by atoms with E-state index in [-0.39, 0.29) is 6.54 Å². The summed E-state index contributed by atoms with van der Waals surface area (Å²) < 4.78 is 11.2. The molecular weight excluding hydrogens is 398 g/mol. The van der Waals surface area contributed by atoms with Gasteiger partial charge in [-0.15, -0.1) is 11.3 Å². The first kappa shape index (κ1) is 20.8. The molecule has 1 atom stereocenters. The van der Waals surface area contributed by atoms with Crippen molar-refractivity contribution in [1.29, 1.82) is 0 Å². The lowest BCUT2D eigenvalue weighted by Gasteiger charge is -2.21. The number of hydrogen-bond acceptors (Lipinski definition) is 5. The molecule has 1 aromatic heterocycles. The molecule has 8 heteroatoms. The van der Waals surface area contributed by atoms with E-state index in [1.54, 1.807) is 6.92 Å². The van der Waals surface area contributed by atoms with Crippen LogP contribution in [0.15, 0.2) is 34.6 Å². The van der Waals surface area contributed by atoms with Crippen molar-refractivity contribution in [3.63, 3.8) is 0 Å². The summed E-state index contributed by atoms with van der Waals surface area (Å²) in [5.74, 6) is 1.99. The van der Waals surface area contributed by atoms with Crippen LogP contribution in [0.3, 0.4) is 0 Å². The molecule has 0 saturated carbocycles. The molecule has 1 aliphatic heterocycles. The first-order chi connectivity index (χ1) is 13.5. The highest BCUT2D eigenvalue weighted by molar-refractivity contribution is 7.10. The Labute approximate surface area is 174 Å². The van der Waals surface area contributed by atoms with Gasteiger partial charge in [-0.2, -0.15) is 0 Å². The normalized spacial score (nSPS) is 15.8. The molecule has 2 heterocycles. The van der Waals surface area contributed by atoms with Gasteiger partial charge in [-0.3, -0.25) is 0 Å². The molecule has 1 aromatic carbocycles. The van der Waals surface area contributed by atoms with E-state index in [0.717, 1.165) is 23.4 Å². The minimum atomic E-state index is -0.986. The molecule has 2 aromatic rings. The Morgan fingerprint density at radius 1 is 1.32 bits per heavy atom. The predicted molar refractivity (Wildman–Crippen MR) is 114 cm³/mol. The summed E-state index contributed by atoms with van der Waals surface area (Å²) in [6, 6.07) is 7.72. The first-order valence-corrected chi connectivity index (χ1v) is 10.6. The van der Waals surface area contributed by atoms with Crippen LogP contribution < -0.4 is 20.1 Å². The molecule has 1 aliphatic rings. The van der Waals surface area contributed by atoms with E-state index >= 15 is 0 Å². The van der Waals surface area contributed by atoms with Gasteiger partial charge in [0.05, 0.1) is 11.6 Å². The van der Waals surface area contributed by atoms with Gasteiger partial charge in [0, 0.05) is 18.0 Å². The molecular formula is C20H26ClN3O3S. The second kappa shape index (κ2) is 9.49. The number of aliphatic imine (C=N–C) groups is 1. The molecule has 6 nitrogen and oxygen atoms in total. The third kappa shape index (κ3) is 5.31. The Balaban J connectivity index is 1.58. The molecule has 0 radical (unpaired) electrons. The van der Waals surface area contributed by atoms with E-state index < -0.39 is 5.60 Å². The van der Waals surface area contributed by atoms with Gasteiger partial charge in [0.15, 0.2) is 17.5 Å². The topological polar surface area (TPSA) is 75.1 Å². The van der Waals surface area contributed by atoms with Crippen molar-refractivity contribution in [2.75, 3.05) is 32.8 Å². The molecule has 0 saturated heterocycles. The van der Waals surface area contributed by atoms with E-state index in [9.17, 15) is 5.11 Å². The second-order valence-corrected chi connectivity index (χ2v) is 8.08. The van der Waals surface area contributed by atoms with Crippen LogP contribution in [-0.2, 0) is 12.0 Å². The molecule has 0 spiro atoms. The molecule has 0 aliphatic carbocycles. The average molecular weight is 424 g/mol. The highest BCUT2D eigenvalue weighted by Crippen LogP contribution is 2.38. The molecule has 0 fully saturated rings. The quantitative estimate of drug-likeness (QED) is 0.471. The summed E-state index contributed by atoms with van der Waals surface area (Å²) in [5.41, 5.74) is 0.0723. The highest BCUT2D eigenvalue weighted by atomic mass is 35.5. The number of nitrogens with zero attached hydrogens (tertiary/aromatic N) is 1. The lowest BCUT2D eigenvalue weighted by atomic mass is 10.1. The molecule has 28 heavy (non-hydrogen) atoms. The zero-order valence-electron chi connectivity index (χ0n) is 16.1. The number of ether oxygens (including phenoxy) is 2. The minimum absolute atomic E-state index is 0.276. The fraction of sp³-hybridized carbons (Fsp3) is 0.450. The summed E-state index contributed by atoms with van der Waals surface area (Å²) in [5, 5.41) is 19.7. The van der Waals surface area contributed by atoms with Crippen molar-refractivity contribution < 1.29 is 14.6 Å². The maximum Gasteiger partial charge on any atom is 0.191 e. The first-order valence-electron chi connectivity index (χ1n) is 9.36. The number of thiophene rings is 1. The van der Waals surface area contributed by atoms with Gasteiger partial charge in [0.2, 0.25) is 0 Å². The Bertz CT molecular complexity index is 809. The van der Waals surface area contributed by atoms with E-state index in [2.05, 4.69) is 15.6 Å². The number of halogens is 1. The lowest BCUT2D eigenvalue weighted by Crippen LogP contribution is -2.39. The van der Waals surface area contributed by atoms with Crippen LogP contribution in [0.4, 0.5) is 0 Å². The summed E-state index contributed by atoms with van der Waals surface area (Å²) in [6.07, 6.45) is 0.752. The molecule has 152 valence electrons. The van der Waals surface area contributed by atoms with Gasteiger partial charge in [-0.1, -0.05) is 17.7 Å². The number of nitrogens with one attached hydrogen (secondary N) is 2. The van der Waals surface area contributed by atoms with Crippen LogP contribution >= 0.6 is 22.9 Å². The molecule has 1 unspecified atom stereocenters. The maximum absolute atomic E-state index is 10.6. The predicted octanol–water partition coefficient (Wildman–Crippen LogP) is 3.18. The minimum Gasteiger partial charge on any atom is -0.486 e. The molecule has 3 rings (SSSR count). The monoisotopic (exact) mass is 423 g/mol. The van der Waals surface area contributed by atoms with Crippen LogP contribution in [0.5, 0.6) is 11.5 Å². The van der Waals surface area contributed by atoms with Crippen LogP contribution in [0, 0.1) is 0 Å². The van der Waals surface area contributed by atoms with E-state index in [1.807, 2.05) is 36.6 Å². The van der Waals surface area contributed by atoms with Crippen molar-refractivity contribution in [2.24, 2.45) is 4.99 Å². The molecule has 0 amide bonds. The summed E-state index contributed by atoms with van der Waals surface area (Å²) in [6.45, 7) is 6.53. The second-order valence-electron chi connectivity index (χ2n) is 6.72. The van der Waals surface area contributed by atoms with Gasteiger partial charge in [-0.25, -0.2) is 4.99 Å². The van der Waals surface area contributed by atoms with Crippen molar-refractivity contribution in [3.05, 3.63) is 45.1 Å². The van der Waals surface area contributed by atoms with Crippen molar-refractivity contribution >= 4 is 28.9 Å². The number of fused-ring (bicyclic) bond motifs is 1. The number of aliphatic hydroxyl groups is 1. The Morgan fingerprint density at radius 2 is 2.14 bits per heavy atom. The maximum atomic E-state index is 10.6. The van der Waals surface area contributed by atoms with Crippen molar-refractivity contribution in [3.8, 4) is 11.5 Å². The Morgan fingerprint density at radius 3 is 2.89 bits per heavy atom. The molecule has 3 N–H and O–H groups in total. The number of guanidine groups is 1. The average Bonchev–Trinajstić information content (AvgIpc) is 3.22. The Kier molecular flexibility index (Phi) is 7.04. The van der Waals surface area contributed by atoms with Crippen LogP contribution in [0.25, 0.3) is 0 Å². The van der Waals surface area contributed by atoms with E-state index in [0.29, 0.717) is 42.2 Å². The van der Waals surface area contributed by atoms with Crippen LogP contribution in [0.2, 0.25) is 5.02 Å². The summed E-state index contributed by atoms with van der Waals surface area (Å²) >= 11 is 7.83. The Hall–Kier alpha value is -1.96.